The molecule has 9 nitrogen and oxygen atoms in total. The molecule has 0 aliphatic heterocycles. The van der Waals surface area contributed by atoms with Gasteiger partial charge in [0.1, 0.15) is 19.3 Å². The minimum atomic E-state index is -4.46. The van der Waals surface area contributed by atoms with E-state index in [1.807, 2.05) is 33.3 Å². The lowest BCUT2D eigenvalue weighted by molar-refractivity contribution is -0.870. The highest BCUT2D eigenvalue weighted by atomic mass is 31.2. The molecule has 530 valence electrons. The van der Waals surface area contributed by atoms with E-state index in [0.29, 0.717) is 17.4 Å². The molecule has 10 heteroatoms. The molecule has 0 heterocycles. The van der Waals surface area contributed by atoms with Crippen molar-refractivity contribution in [1.82, 2.24) is 5.32 Å². The van der Waals surface area contributed by atoms with E-state index in [0.717, 1.165) is 103 Å². The Morgan fingerprint density at radius 1 is 0.396 bits per heavy atom. The summed E-state index contributed by atoms with van der Waals surface area (Å²) in [5.41, 5.74) is 0. The van der Waals surface area contributed by atoms with Gasteiger partial charge in [0.25, 0.3) is 0 Å². The molecule has 0 radical (unpaired) electrons. The molecule has 0 aromatic carbocycles. The van der Waals surface area contributed by atoms with Crippen molar-refractivity contribution in [1.29, 1.82) is 0 Å². The summed E-state index contributed by atoms with van der Waals surface area (Å²) in [6.07, 6.45) is 94.7. The van der Waals surface area contributed by atoms with Crippen molar-refractivity contribution in [3.63, 3.8) is 0 Å². The average Bonchev–Trinajstić information content (AvgIpc) is 3.70. The maximum Gasteiger partial charge on any atom is 0.472 e. The van der Waals surface area contributed by atoms with Gasteiger partial charge in [-0.25, -0.2) is 4.57 Å². The number of esters is 1. The van der Waals surface area contributed by atoms with Gasteiger partial charge in [-0.3, -0.25) is 18.6 Å². The molecule has 0 aromatic heterocycles. The zero-order valence-corrected chi connectivity index (χ0v) is 61.7. The second kappa shape index (κ2) is 70.0. The molecule has 0 bridgehead atoms. The number of nitrogens with one attached hydrogen (secondary N) is 1. The molecule has 91 heavy (non-hydrogen) atoms. The summed E-state index contributed by atoms with van der Waals surface area (Å²) in [6.45, 7) is 6.94. The van der Waals surface area contributed by atoms with Gasteiger partial charge in [0.05, 0.1) is 33.8 Å². The zero-order valence-electron chi connectivity index (χ0n) is 60.8. The molecule has 0 spiro atoms. The first-order valence-electron chi connectivity index (χ1n) is 38.9. The second-order valence-electron chi connectivity index (χ2n) is 27.5. The third-order valence-electron chi connectivity index (χ3n) is 17.3. The van der Waals surface area contributed by atoms with Crippen molar-refractivity contribution in [2.24, 2.45) is 0 Å². The molecule has 3 atom stereocenters. The third-order valence-corrected chi connectivity index (χ3v) is 18.3. The largest absolute Gasteiger partial charge is 0.472 e. The van der Waals surface area contributed by atoms with E-state index in [1.54, 1.807) is 0 Å². The lowest BCUT2D eigenvalue weighted by Gasteiger charge is -2.27. The van der Waals surface area contributed by atoms with Crippen LogP contribution in [0.3, 0.4) is 0 Å². The SMILES string of the molecule is CC/C=C\C/C=C\C/C=C\C/C=C\C/C=C\CCCCCCCCCCCC(=O)OC(/C=C/CCCCCCCCCCCCC)C(COP(=O)(O)OCC[N+](C)(C)C)NC(=O)CCCCCCCCCCCCCCCCCCC/C=C/CCCCCCCC. The molecule has 0 aliphatic carbocycles. The van der Waals surface area contributed by atoms with Crippen LogP contribution < -0.4 is 5.32 Å². The number of hydrogen-bond donors (Lipinski definition) is 2. The number of phosphoric acid groups is 1. The van der Waals surface area contributed by atoms with Crippen LogP contribution in [0.5, 0.6) is 0 Å². The predicted molar refractivity (Wildman–Crippen MR) is 397 cm³/mol. The number of ether oxygens (including phenoxy) is 1. The van der Waals surface area contributed by atoms with Gasteiger partial charge in [-0.05, 0) is 102 Å². The fourth-order valence-corrected chi connectivity index (χ4v) is 12.1. The summed E-state index contributed by atoms with van der Waals surface area (Å²) in [5, 5.41) is 3.08. The Hall–Kier alpha value is -2.81. The first-order valence-corrected chi connectivity index (χ1v) is 40.4. The normalized spacial score (nSPS) is 13.9. The highest BCUT2D eigenvalue weighted by Gasteiger charge is 2.30. The van der Waals surface area contributed by atoms with Crippen molar-refractivity contribution >= 4 is 19.7 Å². The van der Waals surface area contributed by atoms with Gasteiger partial charge in [-0.15, -0.1) is 0 Å². The van der Waals surface area contributed by atoms with Crippen LogP contribution in [0.25, 0.3) is 0 Å². The molecule has 0 aliphatic rings. The number of likely N-dealkylation sites (N-methyl/N-ethyl adjacent to an activating group) is 1. The van der Waals surface area contributed by atoms with E-state index >= 15 is 0 Å². The summed E-state index contributed by atoms with van der Waals surface area (Å²) in [4.78, 5) is 38.0. The van der Waals surface area contributed by atoms with Crippen LogP contribution in [-0.4, -0.2) is 74.3 Å². The smallest absolute Gasteiger partial charge is 0.456 e. The molecule has 0 saturated carbocycles. The fourth-order valence-electron chi connectivity index (χ4n) is 11.4. The van der Waals surface area contributed by atoms with Gasteiger partial charge in [-0.1, -0.05) is 337 Å². The number of amides is 1. The second-order valence-corrected chi connectivity index (χ2v) is 29.0. The van der Waals surface area contributed by atoms with Crippen LogP contribution in [0.15, 0.2) is 85.1 Å². The van der Waals surface area contributed by atoms with Gasteiger partial charge in [0.2, 0.25) is 5.91 Å². The summed E-state index contributed by atoms with van der Waals surface area (Å²) in [6, 6.07) is -0.855. The van der Waals surface area contributed by atoms with Crippen molar-refractivity contribution < 1.29 is 37.3 Å². The number of hydrogen-bond acceptors (Lipinski definition) is 6. The molecule has 0 saturated heterocycles. The molecule has 0 rings (SSSR count). The van der Waals surface area contributed by atoms with Crippen molar-refractivity contribution in [2.75, 3.05) is 40.9 Å². The quantitative estimate of drug-likeness (QED) is 0.0205. The van der Waals surface area contributed by atoms with Crippen LogP contribution in [0.4, 0.5) is 0 Å². The number of rotatable bonds is 71. The van der Waals surface area contributed by atoms with Gasteiger partial charge in [0.15, 0.2) is 0 Å². The number of unbranched alkanes of at least 4 members (excludes halogenated alkanes) is 43. The summed E-state index contributed by atoms with van der Waals surface area (Å²) in [7, 11) is 1.50. The van der Waals surface area contributed by atoms with Crippen molar-refractivity contribution in [2.45, 2.75) is 380 Å². The Bertz CT molecular complexity index is 1830. The van der Waals surface area contributed by atoms with Gasteiger partial charge < -0.3 is 19.4 Å². The highest BCUT2D eigenvalue weighted by molar-refractivity contribution is 7.47. The maximum absolute atomic E-state index is 13.7. The van der Waals surface area contributed by atoms with E-state index in [4.69, 9.17) is 13.8 Å². The molecular formula is C81H150N2O7P+. The minimum absolute atomic E-state index is 0.0381. The maximum atomic E-state index is 13.7. The first-order chi connectivity index (χ1) is 44.4. The number of carbonyl (C=O) groups is 2. The topological polar surface area (TPSA) is 111 Å². The average molecular weight is 1300 g/mol. The Morgan fingerprint density at radius 3 is 1.07 bits per heavy atom. The Balaban J connectivity index is 4.99. The third kappa shape index (κ3) is 71.3. The highest BCUT2D eigenvalue weighted by Crippen LogP contribution is 2.43. The number of nitrogens with zero attached hydrogens (tertiary/aromatic N) is 1. The first kappa shape index (κ1) is 88.2. The Labute approximate surface area is 565 Å². The summed E-state index contributed by atoms with van der Waals surface area (Å²) >= 11 is 0. The van der Waals surface area contributed by atoms with Gasteiger partial charge in [0, 0.05) is 12.8 Å². The van der Waals surface area contributed by atoms with Crippen LogP contribution in [0.1, 0.15) is 367 Å². The summed E-state index contributed by atoms with van der Waals surface area (Å²) in [5.74, 6) is -0.499. The van der Waals surface area contributed by atoms with Crippen molar-refractivity contribution in [3.05, 3.63) is 85.1 Å². The fraction of sp³-hybridized carbons (Fsp3) is 0.802. The number of phosphoric ester groups is 1. The van der Waals surface area contributed by atoms with Gasteiger partial charge in [-0.2, -0.15) is 0 Å². The minimum Gasteiger partial charge on any atom is -0.456 e. The lowest BCUT2D eigenvalue weighted by Crippen LogP contribution is -2.47. The van der Waals surface area contributed by atoms with Crippen LogP contribution >= 0.6 is 7.82 Å². The lowest BCUT2D eigenvalue weighted by atomic mass is 10.0. The predicted octanol–water partition coefficient (Wildman–Crippen LogP) is 25.2. The monoisotopic (exact) mass is 1290 g/mol. The van der Waals surface area contributed by atoms with Crippen LogP contribution in [-0.2, 0) is 27.9 Å². The van der Waals surface area contributed by atoms with E-state index in [9.17, 15) is 19.0 Å². The van der Waals surface area contributed by atoms with E-state index in [2.05, 4.69) is 99.0 Å². The van der Waals surface area contributed by atoms with Crippen LogP contribution in [0, 0.1) is 0 Å². The van der Waals surface area contributed by atoms with Crippen LogP contribution in [0.2, 0.25) is 0 Å². The number of quaternary nitrogens is 1. The summed E-state index contributed by atoms with van der Waals surface area (Å²) < 4.78 is 30.9. The molecule has 2 N–H and O–H groups in total. The molecule has 3 unspecified atom stereocenters. The van der Waals surface area contributed by atoms with Crippen molar-refractivity contribution in [3.8, 4) is 0 Å². The number of carbonyl (C=O) groups excluding carboxylic acids is 2. The molecular weight excluding hydrogens is 1140 g/mol. The molecule has 0 aromatic rings. The standard InChI is InChI=1S/C81H149N2O7P/c1-7-10-13-16-19-22-25-28-30-32-34-36-38-40-41-43-44-46-48-50-52-55-58-61-64-67-70-73-80(84)82-78(77-89-91(86,87)88-76-75-83(4,5)6)79(72-69-66-63-60-57-54-27-24-21-18-15-12-9-3)90-81(85)74-71-68-65-62-59-56-53-51-49-47-45-42-39-37-35-33-31-29-26-23-20-17-14-11-8-2/h11,14,20,23,28-31,35,37,42,45,69,72,78-79H,7-10,12-13,15-19,21-22,24-27,32-34,36,38-41,43-44,46-68,70-71,73-77H2,1-6H3,(H-,82,84,86,87)/p+1/b14-11-,23-20-,30-28+,31-29-,37-35-,45-42-,72-69+. The van der Waals surface area contributed by atoms with E-state index in [-0.39, 0.29) is 31.5 Å². The van der Waals surface area contributed by atoms with E-state index < -0.39 is 20.0 Å². The van der Waals surface area contributed by atoms with E-state index in [1.165, 1.54) is 231 Å². The number of allylic oxidation sites excluding steroid dienone is 13. The Morgan fingerprint density at radius 2 is 0.703 bits per heavy atom. The van der Waals surface area contributed by atoms with Gasteiger partial charge >= 0.3 is 13.8 Å². The Kier molecular flexibility index (Phi) is 67.8. The molecule has 1 amide bonds. The molecule has 0 fully saturated rings. The zero-order chi connectivity index (χ0) is 66.3.